The summed E-state index contributed by atoms with van der Waals surface area (Å²) in [7, 11) is 3.02. The van der Waals surface area contributed by atoms with Crippen molar-refractivity contribution in [1.82, 2.24) is 15.6 Å². The lowest BCUT2D eigenvalue weighted by atomic mass is 10.2. The minimum Gasteiger partial charge on any atom is -0.481 e. The number of hydrogen-bond acceptors (Lipinski definition) is 7. The Kier molecular flexibility index (Phi) is 3.65. The summed E-state index contributed by atoms with van der Waals surface area (Å²) in [6.07, 6.45) is 3.12. The molecule has 2 heterocycles. The molecule has 7 nitrogen and oxygen atoms in total. The lowest BCUT2D eigenvalue weighted by molar-refractivity contribution is 0.157. The first kappa shape index (κ1) is 13.9. The number of hydrazine groups is 2. The Morgan fingerprint density at radius 1 is 1.23 bits per heavy atom. The fraction of sp³-hybridized carbons (Fsp3) is 0.143. The molecule has 1 aromatic carbocycles. The Hall–Kier alpha value is -3.03. The van der Waals surface area contributed by atoms with Crippen molar-refractivity contribution in [1.29, 1.82) is 0 Å². The van der Waals surface area contributed by atoms with Gasteiger partial charge in [-0.3, -0.25) is 10.4 Å². The van der Waals surface area contributed by atoms with Crippen molar-refractivity contribution in [3.8, 4) is 0 Å². The molecule has 0 amide bonds. The summed E-state index contributed by atoms with van der Waals surface area (Å²) in [4.78, 5) is 4.05. The third-order valence-corrected chi connectivity index (χ3v) is 3.05. The SMILES string of the molecule is COC1=CC(OC)=NN(Nc2ccnc3c(F)cccc23)N1. The number of pyridine rings is 1. The molecule has 8 heteroatoms. The number of hydrazone groups is 1. The molecule has 0 radical (unpaired) electrons. The fourth-order valence-electron chi connectivity index (χ4n) is 2.01. The Bertz CT molecular complexity index is 762. The highest BCUT2D eigenvalue weighted by Crippen LogP contribution is 2.24. The number of anilines is 1. The summed E-state index contributed by atoms with van der Waals surface area (Å²) >= 11 is 0. The van der Waals surface area contributed by atoms with Crippen LogP contribution >= 0.6 is 0 Å². The van der Waals surface area contributed by atoms with Gasteiger partial charge in [0, 0.05) is 11.6 Å². The molecule has 0 aliphatic carbocycles. The maximum atomic E-state index is 13.8. The Balaban J connectivity index is 1.92. The predicted octanol–water partition coefficient (Wildman–Crippen LogP) is 1.97. The second kappa shape index (κ2) is 5.76. The monoisotopic (exact) mass is 303 g/mol. The van der Waals surface area contributed by atoms with Gasteiger partial charge in [0.2, 0.25) is 11.8 Å². The molecule has 22 heavy (non-hydrogen) atoms. The molecule has 1 aliphatic rings. The van der Waals surface area contributed by atoms with Crippen LogP contribution in [-0.4, -0.2) is 30.3 Å². The highest BCUT2D eigenvalue weighted by atomic mass is 19.1. The number of para-hydroxylation sites is 1. The number of benzene rings is 1. The number of rotatable bonds is 3. The van der Waals surface area contributed by atoms with Crippen LogP contribution in [0, 0.1) is 5.82 Å². The molecule has 1 aromatic heterocycles. The molecular formula is C14H14FN5O2. The maximum Gasteiger partial charge on any atom is 0.240 e. The van der Waals surface area contributed by atoms with E-state index in [1.807, 2.05) is 0 Å². The zero-order chi connectivity index (χ0) is 15.5. The average Bonchev–Trinajstić information content (AvgIpc) is 2.55. The van der Waals surface area contributed by atoms with E-state index in [4.69, 9.17) is 9.47 Å². The molecule has 0 bridgehead atoms. The number of ether oxygens (including phenoxy) is 2. The van der Waals surface area contributed by atoms with Crippen molar-refractivity contribution >= 4 is 22.5 Å². The van der Waals surface area contributed by atoms with Crippen LogP contribution in [-0.2, 0) is 9.47 Å². The van der Waals surface area contributed by atoms with Crippen LogP contribution in [0.25, 0.3) is 10.9 Å². The third kappa shape index (κ3) is 2.58. The maximum absolute atomic E-state index is 13.8. The molecule has 1 aliphatic heterocycles. The predicted molar refractivity (Wildman–Crippen MR) is 79.8 cm³/mol. The molecule has 0 saturated carbocycles. The van der Waals surface area contributed by atoms with Crippen molar-refractivity contribution in [2.75, 3.05) is 19.6 Å². The van der Waals surface area contributed by atoms with E-state index in [1.54, 1.807) is 24.3 Å². The number of nitrogens with one attached hydrogen (secondary N) is 2. The molecule has 0 unspecified atom stereocenters. The molecule has 3 rings (SSSR count). The number of aromatic nitrogens is 1. The van der Waals surface area contributed by atoms with Gasteiger partial charge in [0.15, 0.2) is 0 Å². The fourth-order valence-corrected chi connectivity index (χ4v) is 2.01. The van der Waals surface area contributed by atoms with Crippen molar-refractivity contribution in [2.45, 2.75) is 0 Å². The largest absolute Gasteiger partial charge is 0.481 e. The van der Waals surface area contributed by atoms with E-state index in [2.05, 4.69) is 20.9 Å². The first-order valence-electron chi connectivity index (χ1n) is 6.46. The standard InChI is InChI=1S/C14H14FN5O2/c1-21-12-8-13(22-2)19-20(18-12)17-11-6-7-16-14-9(11)4-3-5-10(14)15/h3-8,18H,1-2H3,(H,16,17). The first-order valence-corrected chi connectivity index (χ1v) is 6.46. The minimum atomic E-state index is -0.383. The molecule has 2 aromatic rings. The van der Waals surface area contributed by atoms with E-state index in [0.29, 0.717) is 22.9 Å². The van der Waals surface area contributed by atoms with E-state index < -0.39 is 0 Å². The second-order valence-corrected chi connectivity index (χ2v) is 4.38. The van der Waals surface area contributed by atoms with Crippen molar-refractivity contribution in [2.24, 2.45) is 5.10 Å². The summed E-state index contributed by atoms with van der Waals surface area (Å²) in [6.45, 7) is 0. The van der Waals surface area contributed by atoms with E-state index >= 15 is 0 Å². The van der Waals surface area contributed by atoms with Gasteiger partial charge in [-0.05, 0) is 12.1 Å². The lowest BCUT2D eigenvalue weighted by Gasteiger charge is -2.26. The first-order chi connectivity index (χ1) is 10.7. The summed E-state index contributed by atoms with van der Waals surface area (Å²) in [6, 6.07) is 6.48. The number of nitrogens with zero attached hydrogens (tertiary/aromatic N) is 3. The summed E-state index contributed by atoms with van der Waals surface area (Å²) in [5.74, 6) is 0.419. The van der Waals surface area contributed by atoms with Crippen LogP contribution in [0.3, 0.4) is 0 Å². The molecule has 0 spiro atoms. The van der Waals surface area contributed by atoms with Crippen LogP contribution in [0.1, 0.15) is 0 Å². The van der Waals surface area contributed by atoms with Crippen molar-refractivity contribution in [3.63, 3.8) is 0 Å². The minimum absolute atomic E-state index is 0.281. The number of methoxy groups -OCH3 is 2. The zero-order valence-corrected chi connectivity index (χ0v) is 12.0. The molecule has 0 fully saturated rings. The topological polar surface area (TPSA) is 71.0 Å². The van der Waals surface area contributed by atoms with Gasteiger partial charge in [-0.15, -0.1) is 5.23 Å². The van der Waals surface area contributed by atoms with Crippen LogP contribution in [0.2, 0.25) is 0 Å². The van der Waals surface area contributed by atoms with E-state index in [0.717, 1.165) is 0 Å². The highest BCUT2D eigenvalue weighted by molar-refractivity contribution is 5.91. The molecule has 0 saturated heterocycles. The van der Waals surface area contributed by atoms with E-state index in [-0.39, 0.29) is 11.3 Å². The number of hydrogen-bond donors (Lipinski definition) is 2. The normalized spacial score (nSPS) is 14.0. The van der Waals surface area contributed by atoms with Gasteiger partial charge in [-0.25, -0.2) is 9.82 Å². The smallest absolute Gasteiger partial charge is 0.240 e. The summed E-state index contributed by atoms with van der Waals surface area (Å²) < 4.78 is 24.0. The van der Waals surface area contributed by atoms with Gasteiger partial charge in [-0.1, -0.05) is 17.2 Å². The lowest BCUT2D eigenvalue weighted by Crippen LogP contribution is -2.41. The molecule has 2 N–H and O–H groups in total. The summed E-state index contributed by atoms with van der Waals surface area (Å²) in [5, 5.41) is 6.11. The second-order valence-electron chi connectivity index (χ2n) is 4.38. The zero-order valence-electron chi connectivity index (χ0n) is 12.0. The van der Waals surface area contributed by atoms with Crippen LogP contribution in [0.15, 0.2) is 47.5 Å². The molecule has 0 atom stereocenters. The number of halogens is 1. The van der Waals surface area contributed by atoms with Gasteiger partial charge < -0.3 is 9.47 Å². The molecule has 114 valence electrons. The third-order valence-electron chi connectivity index (χ3n) is 3.05. The van der Waals surface area contributed by atoms with Crippen molar-refractivity contribution in [3.05, 3.63) is 48.2 Å². The van der Waals surface area contributed by atoms with Crippen LogP contribution < -0.4 is 10.9 Å². The number of fused-ring (bicyclic) bond motifs is 1. The van der Waals surface area contributed by atoms with Gasteiger partial charge in [0.25, 0.3) is 0 Å². The quantitative estimate of drug-likeness (QED) is 0.903. The van der Waals surface area contributed by atoms with Crippen LogP contribution in [0.5, 0.6) is 0 Å². The Morgan fingerprint density at radius 3 is 2.86 bits per heavy atom. The van der Waals surface area contributed by atoms with Crippen molar-refractivity contribution < 1.29 is 13.9 Å². The van der Waals surface area contributed by atoms with E-state index in [1.165, 1.54) is 31.7 Å². The average molecular weight is 303 g/mol. The van der Waals surface area contributed by atoms with Gasteiger partial charge >= 0.3 is 0 Å². The van der Waals surface area contributed by atoms with Gasteiger partial charge in [0.1, 0.15) is 11.3 Å². The van der Waals surface area contributed by atoms with Gasteiger partial charge in [-0.2, -0.15) is 0 Å². The summed E-state index contributed by atoms with van der Waals surface area (Å²) in [5.41, 5.74) is 6.80. The van der Waals surface area contributed by atoms with E-state index in [9.17, 15) is 4.39 Å². The molecular weight excluding hydrogens is 289 g/mol. The highest BCUT2D eigenvalue weighted by Gasteiger charge is 2.15. The van der Waals surface area contributed by atoms with Crippen LogP contribution in [0.4, 0.5) is 10.1 Å². The van der Waals surface area contributed by atoms with Gasteiger partial charge in [0.05, 0.1) is 26.0 Å². The Morgan fingerprint density at radius 2 is 2.09 bits per heavy atom. The Labute approximate surface area is 126 Å².